The molecule has 0 aromatic rings. The largest absolute Gasteiger partial charge is 0.481 e. The first-order chi connectivity index (χ1) is 6.43. The minimum Gasteiger partial charge on any atom is -0.481 e. The molecule has 1 heterocycles. The van der Waals surface area contributed by atoms with E-state index in [1.165, 1.54) is 0 Å². The van der Waals surface area contributed by atoms with Crippen LogP contribution in [0, 0.1) is 0 Å². The van der Waals surface area contributed by atoms with Gasteiger partial charge in [0.2, 0.25) is 11.9 Å². The third-order valence-electron chi connectivity index (χ3n) is 1.75. The van der Waals surface area contributed by atoms with E-state index in [0.29, 0.717) is 0 Å². The summed E-state index contributed by atoms with van der Waals surface area (Å²) in [5.41, 5.74) is 0. The maximum atomic E-state index is 11.0. The number of ketones is 1. The van der Waals surface area contributed by atoms with E-state index in [-0.39, 0.29) is 0 Å². The van der Waals surface area contributed by atoms with Crippen LogP contribution in [0.5, 0.6) is 0 Å². The summed E-state index contributed by atoms with van der Waals surface area (Å²) in [7, 11) is 0. The zero-order valence-corrected chi connectivity index (χ0v) is 6.91. The second-order valence-electron chi connectivity index (χ2n) is 2.83. The average Bonchev–Trinajstić information content (AvgIpc) is 2.32. The smallest absolute Gasteiger partial charge is 0.343 e. The minimum atomic E-state index is -1.91. The van der Waals surface area contributed by atoms with Gasteiger partial charge in [0.05, 0.1) is 6.42 Å². The van der Waals surface area contributed by atoms with E-state index in [9.17, 15) is 14.4 Å². The molecule has 0 aromatic carbocycles. The third kappa shape index (κ3) is 1.88. The van der Waals surface area contributed by atoms with Crippen LogP contribution in [0.1, 0.15) is 6.42 Å². The van der Waals surface area contributed by atoms with E-state index in [2.05, 4.69) is 4.74 Å². The van der Waals surface area contributed by atoms with Crippen molar-refractivity contribution in [3.05, 3.63) is 0 Å². The maximum Gasteiger partial charge on any atom is 0.343 e. The average molecular weight is 204 g/mol. The molecule has 1 aliphatic heterocycles. The zero-order chi connectivity index (χ0) is 10.9. The summed E-state index contributed by atoms with van der Waals surface area (Å²) in [5.74, 6) is -3.50. The highest BCUT2D eigenvalue weighted by molar-refractivity contribution is 6.09. The maximum absolute atomic E-state index is 11.0. The van der Waals surface area contributed by atoms with Crippen molar-refractivity contribution in [3.63, 3.8) is 0 Å². The molecule has 1 saturated heterocycles. The van der Waals surface area contributed by atoms with E-state index in [0.717, 1.165) is 0 Å². The number of carbonyl (C=O) groups excluding carboxylic acids is 2. The van der Waals surface area contributed by atoms with Crippen LogP contribution >= 0.6 is 0 Å². The van der Waals surface area contributed by atoms with Crippen molar-refractivity contribution in [2.45, 2.75) is 24.7 Å². The number of aliphatic carboxylic acids is 1. The van der Waals surface area contributed by atoms with Gasteiger partial charge in [0, 0.05) is 0 Å². The molecule has 7 heteroatoms. The Kier molecular flexibility index (Phi) is 2.82. The molecule has 3 unspecified atom stereocenters. The number of carbonyl (C=O) groups is 3. The first-order valence-electron chi connectivity index (χ1n) is 3.75. The molecule has 0 aliphatic carbocycles. The number of hydrogen-bond donors (Lipinski definition) is 3. The number of carboxylic acids is 1. The van der Waals surface area contributed by atoms with Crippen LogP contribution in [0.2, 0.25) is 0 Å². The molecule has 3 atom stereocenters. The van der Waals surface area contributed by atoms with Gasteiger partial charge in [-0.1, -0.05) is 0 Å². The van der Waals surface area contributed by atoms with Crippen LogP contribution in [0.3, 0.4) is 0 Å². The summed E-state index contributed by atoms with van der Waals surface area (Å²) < 4.78 is 4.30. The van der Waals surface area contributed by atoms with Gasteiger partial charge < -0.3 is 20.1 Å². The number of aliphatic hydroxyl groups excluding tert-OH is 2. The van der Waals surface area contributed by atoms with Crippen LogP contribution in [0.25, 0.3) is 0 Å². The molecule has 7 nitrogen and oxygen atoms in total. The van der Waals surface area contributed by atoms with Crippen LogP contribution in [-0.4, -0.2) is 51.4 Å². The Morgan fingerprint density at radius 2 is 2.07 bits per heavy atom. The molecule has 1 aliphatic rings. The number of aliphatic hydroxyl groups is 2. The number of Topliss-reactive ketones (excluding diaryl/α,β-unsaturated/α-hetero) is 1. The summed E-state index contributed by atoms with van der Waals surface area (Å²) in [6.45, 7) is 0. The Labute approximate surface area is 77.9 Å². The fourth-order valence-corrected chi connectivity index (χ4v) is 1.07. The van der Waals surface area contributed by atoms with Crippen molar-refractivity contribution in [1.29, 1.82) is 0 Å². The van der Waals surface area contributed by atoms with E-state index < -0.39 is 42.5 Å². The van der Waals surface area contributed by atoms with Gasteiger partial charge in [0.15, 0.2) is 6.10 Å². The van der Waals surface area contributed by atoms with Gasteiger partial charge in [-0.2, -0.15) is 0 Å². The topological polar surface area (TPSA) is 121 Å². The van der Waals surface area contributed by atoms with Crippen molar-refractivity contribution in [3.8, 4) is 0 Å². The molecule has 78 valence electrons. The summed E-state index contributed by atoms with van der Waals surface area (Å²) in [5, 5.41) is 26.3. The first-order valence-corrected chi connectivity index (χ1v) is 3.75. The first kappa shape index (κ1) is 10.6. The van der Waals surface area contributed by atoms with Gasteiger partial charge in [-0.3, -0.25) is 9.59 Å². The minimum absolute atomic E-state index is 0.726. The van der Waals surface area contributed by atoms with Gasteiger partial charge in [-0.05, 0) is 0 Å². The quantitative estimate of drug-likeness (QED) is 0.348. The van der Waals surface area contributed by atoms with E-state index in [4.69, 9.17) is 15.3 Å². The predicted molar refractivity (Wildman–Crippen MR) is 39.2 cm³/mol. The SMILES string of the molecule is O=C(O)CC(O)C1OC(=O)C(O)C1=O. The molecular weight excluding hydrogens is 196 g/mol. The summed E-state index contributed by atoms with van der Waals surface area (Å²) in [6.07, 6.45) is -5.84. The van der Waals surface area contributed by atoms with Crippen molar-refractivity contribution >= 4 is 17.7 Å². The van der Waals surface area contributed by atoms with Crippen LogP contribution in [0.15, 0.2) is 0 Å². The zero-order valence-electron chi connectivity index (χ0n) is 6.91. The molecular formula is C7H8O7. The van der Waals surface area contributed by atoms with Crippen LogP contribution in [-0.2, 0) is 19.1 Å². The van der Waals surface area contributed by atoms with Crippen molar-refractivity contribution < 1.29 is 34.4 Å². The standard InChI is InChI=1S/C7H8O7/c8-2(1-3(9)10)6-4(11)5(12)7(13)14-6/h2,5-6,8,12H,1H2,(H,9,10). The van der Waals surface area contributed by atoms with Gasteiger partial charge in [-0.15, -0.1) is 0 Å². The number of hydrogen-bond acceptors (Lipinski definition) is 6. The van der Waals surface area contributed by atoms with Gasteiger partial charge in [-0.25, -0.2) is 4.79 Å². The van der Waals surface area contributed by atoms with Gasteiger partial charge in [0.1, 0.15) is 6.10 Å². The number of carboxylic acid groups (broad SMARTS) is 1. The van der Waals surface area contributed by atoms with Gasteiger partial charge in [0.25, 0.3) is 0 Å². The lowest BCUT2D eigenvalue weighted by atomic mass is 10.1. The molecule has 14 heavy (non-hydrogen) atoms. The number of ether oxygens (including phenoxy) is 1. The van der Waals surface area contributed by atoms with E-state index in [1.807, 2.05) is 0 Å². The summed E-state index contributed by atoms with van der Waals surface area (Å²) in [6, 6.07) is 0. The lowest BCUT2D eigenvalue weighted by Gasteiger charge is -2.12. The molecule has 0 amide bonds. The number of cyclic esters (lactones) is 1. The molecule has 0 radical (unpaired) electrons. The van der Waals surface area contributed by atoms with Crippen LogP contribution < -0.4 is 0 Å². The number of rotatable bonds is 3. The Hall–Kier alpha value is -1.47. The van der Waals surface area contributed by atoms with Crippen molar-refractivity contribution in [1.82, 2.24) is 0 Å². The van der Waals surface area contributed by atoms with Crippen molar-refractivity contribution in [2.24, 2.45) is 0 Å². The lowest BCUT2D eigenvalue weighted by Crippen LogP contribution is -2.35. The molecule has 0 saturated carbocycles. The molecule has 0 bridgehead atoms. The molecule has 1 rings (SSSR count). The second-order valence-corrected chi connectivity index (χ2v) is 2.83. The monoisotopic (exact) mass is 204 g/mol. The fourth-order valence-electron chi connectivity index (χ4n) is 1.07. The number of esters is 1. The van der Waals surface area contributed by atoms with E-state index >= 15 is 0 Å². The Bertz CT molecular complexity index is 284. The highest BCUT2D eigenvalue weighted by Gasteiger charge is 2.46. The lowest BCUT2D eigenvalue weighted by molar-refractivity contribution is -0.153. The predicted octanol–water partition coefficient (Wildman–Crippen LogP) is -2.32. The van der Waals surface area contributed by atoms with Crippen molar-refractivity contribution in [2.75, 3.05) is 0 Å². The van der Waals surface area contributed by atoms with Gasteiger partial charge >= 0.3 is 11.9 Å². The highest BCUT2D eigenvalue weighted by Crippen LogP contribution is 2.16. The Balaban J connectivity index is 2.66. The Morgan fingerprint density at radius 1 is 1.50 bits per heavy atom. The summed E-state index contributed by atoms with van der Waals surface area (Å²) in [4.78, 5) is 31.8. The summed E-state index contributed by atoms with van der Waals surface area (Å²) >= 11 is 0. The molecule has 3 N–H and O–H groups in total. The highest BCUT2D eigenvalue weighted by atomic mass is 16.6. The normalized spacial score (nSPS) is 28.7. The van der Waals surface area contributed by atoms with E-state index in [1.54, 1.807) is 0 Å². The molecule has 0 spiro atoms. The Morgan fingerprint density at radius 3 is 2.43 bits per heavy atom. The molecule has 1 fully saturated rings. The van der Waals surface area contributed by atoms with Crippen LogP contribution in [0.4, 0.5) is 0 Å². The fraction of sp³-hybridized carbons (Fsp3) is 0.571. The third-order valence-corrected chi connectivity index (χ3v) is 1.75. The second kappa shape index (κ2) is 3.72. The molecule has 0 aromatic heterocycles.